The number of aromatic amines is 1. The van der Waals surface area contributed by atoms with Gasteiger partial charge in [-0.3, -0.25) is 4.79 Å². The molecular formula is C20H19BrN2O3. The molecule has 0 saturated carbocycles. The summed E-state index contributed by atoms with van der Waals surface area (Å²) in [4.78, 5) is 28.1. The van der Waals surface area contributed by atoms with Crippen LogP contribution in [0, 0.1) is 0 Å². The lowest BCUT2D eigenvalue weighted by Gasteiger charge is -2.16. The van der Waals surface area contributed by atoms with Gasteiger partial charge in [0.2, 0.25) is 5.91 Å². The van der Waals surface area contributed by atoms with Crippen LogP contribution in [0.5, 0.6) is 0 Å². The molecule has 2 aromatic carbocycles. The second kappa shape index (κ2) is 7.74. The molecule has 1 aromatic heterocycles. The van der Waals surface area contributed by atoms with Gasteiger partial charge in [0.15, 0.2) is 0 Å². The van der Waals surface area contributed by atoms with E-state index in [1.54, 1.807) is 0 Å². The summed E-state index contributed by atoms with van der Waals surface area (Å²) in [6.45, 7) is 1.96. The van der Waals surface area contributed by atoms with Crippen LogP contribution in [0.1, 0.15) is 35.3 Å². The Kier molecular flexibility index (Phi) is 5.42. The molecule has 0 spiro atoms. The van der Waals surface area contributed by atoms with E-state index in [9.17, 15) is 9.59 Å². The molecule has 0 fully saturated rings. The quantitative estimate of drug-likeness (QED) is 0.586. The zero-order chi connectivity index (χ0) is 18.7. The lowest BCUT2D eigenvalue weighted by molar-refractivity contribution is -0.117. The van der Waals surface area contributed by atoms with Crippen molar-refractivity contribution in [3.63, 3.8) is 0 Å². The van der Waals surface area contributed by atoms with Gasteiger partial charge in [-0.25, -0.2) is 4.79 Å². The standard InChI is InChI=1S/C20H19BrN2O3/c1-3-14(12-7-5-4-6-8-12)19(24)23-17-15-11-13(21)9-10-16(15)22-18(17)20(25)26-2/h4-11,14,22H,3H2,1-2H3,(H,23,24)/t14-/m1/s1. The van der Waals surface area contributed by atoms with Gasteiger partial charge in [-0.2, -0.15) is 0 Å². The second-order valence-electron chi connectivity index (χ2n) is 5.92. The average Bonchev–Trinajstić information content (AvgIpc) is 3.00. The number of H-pyrrole nitrogens is 1. The van der Waals surface area contributed by atoms with Crippen LogP contribution in [0.4, 0.5) is 5.69 Å². The predicted octanol–water partition coefficient (Wildman–Crippen LogP) is 4.85. The highest BCUT2D eigenvalue weighted by atomic mass is 79.9. The third kappa shape index (κ3) is 3.51. The molecule has 0 radical (unpaired) electrons. The zero-order valence-electron chi connectivity index (χ0n) is 14.5. The van der Waals surface area contributed by atoms with Gasteiger partial charge < -0.3 is 15.0 Å². The number of carbonyl (C=O) groups is 2. The first-order valence-corrected chi connectivity index (χ1v) is 9.09. The van der Waals surface area contributed by atoms with Crippen molar-refractivity contribution in [1.82, 2.24) is 4.98 Å². The number of methoxy groups -OCH3 is 1. The first kappa shape index (κ1) is 18.2. The van der Waals surface area contributed by atoms with E-state index < -0.39 is 5.97 Å². The molecule has 2 N–H and O–H groups in total. The van der Waals surface area contributed by atoms with Crippen LogP contribution in [0.2, 0.25) is 0 Å². The Hall–Kier alpha value is -2.60. The number of fused-ring (bicyclic) bond motifs is 1. The Morgan fingerprint density at radius 3 is 2.58 bits per heavy atom. The Labute approximate surface area is 159 Å². The van der Waals surface area contributed by atoms with Crippen LogP contribution in [-0.4, -0.2) is 24.0 Å². The van der Waals surface area contributed by atoms with E-state index >= 15 is 0 Å². The summed E-state index contributed by atoms with van der Waals surface area (Å²) in [5, 5.41) is 3.68. The van der Waals surface area contributed by atoms with E-state index in [2.05, 4.69) is 26.2 Å². The minimum Gasteiger partial charge on any atom is -0.464 e. The number of nitrogens with one attached hydrogen (secondary N) is 2. The van der Waals surface area contributed by atoms with E-state index in [1.165, 1.54) is 7.11 Å². The number of halogens is 1. The van der Waals surface area contributed by atoms with Crippen molar-refractivity contribution in [2.24, 2.45) is 0 Å². The molecule has 3 aromatic rings. The Morgan fingerprint density at radius 2 is 1.92 bits per heavy atom. The van der Waals surface area contributed by atoms with Crippen LogP contribution in [0.3, 0.4) is 0 Å². The monoisotopic (exact) mass is 414 g/mol. The van der Waals surface area contributed by atoms with Crippen LogP contribution < -0.4 is 5.32 Å². The molecule has 0 aliphatic heterocycles. The molecule has 1 heterocycles. The highest BCUT2D eigenvalue weighted by Crippen LogP contribution is 2.32. The maximum absolute atomic E-state index is 12.9. The number of aromatic nitrogens is 1. The molecular weight excluding hydrogens is 396 g/mol. The minimum atomic E-state index is -0.527. The fourth-order valence-electron chi connectivity index (χ4n) is 3.02. The Morgan fingerprint density at radius 1 is 1.19 bits per heavy atom. The van der Waals surface area contributed by atoms with Crippen molar-refractivity contribution in [1.29, 1.82) is 0 Å². The summed E-state index contributed by atoms with van der Waals surface area (Å²) in [5.41, 5.74) is 2.36. The van der Waals surface area contributed by atoms with Crippen LogP contribution in [-0.2, 0) is 9.53 Å². The lowest BCUT2D eigenvalue weighted by Crippen LogP contribution is -2.22. The lowest BCUT2D eigenvalue weighted by atomic mass is 9.95. The SMILES string of the molecule is CC[C@@H](C(=O)Nc1c(C(=O)OC)[nH]c2ccc(Br)cc12)c1ccccc1. The number of esters is 1. The van der Waals surface area contributed by atoms with Gasteiger partial charge >= 0.3 is 5.97 Å². The van der Waals surface area contributed by atoms with Gasteiger partial charge in [0, 0.05) is 15.4 Å². The minimum absolute atomic E-state index is 0.162. The molecule has 0 unspecified atom stereocenters. The van der Waals surface area contributed by atoms with Crippen molar-refractivity contribution in [3.8, 4) is 0 Å². The van der Waals surface area contributed by atoms with Gasteiger partial charge in [0.05, 0.1) is 18.7 Å². The first-order chi connectivity index (χ1) is 12.5. The number of rotatable bonds is 5. The molecule has 5 nitrogen and oxygen atoms in total. The molecule has 1 amide bonds. The molecule has 0 bridgehead atoms. The first-order valence-electron chi connectivity index (χ1n) is 8.30. The number of benzene rings is 2. The zero-order valence-corrected chi connectivity index (χ0v) is 16.1. The summed E-state index contributed by atoms with van der Waals surface area (Å²) < 4.78 is 5.71. The van der Waals surface area contributed by atoms with Crippen LogP contribution in [0.25, 0.3) is 10.9 Å². The van der Waals surface area contributed by atoms with Crippen molar-refractivity contribution in [2.75, 3.05) is 12.4 Å². The fraction of sp³-hybridized carbons (Fsp3) is 0.200. The normalized spacial score (nSPS) is 12.0. The summed E-state index contributed by atoms with van der Waals surface area (Å²) in [7, 11) is 1.31. The van der Waals surface area contributed by atoms with E-state index in [0.717, 1.165) is 20.9 Å². The maximum Gasteiger partial charge on any atom is 0.356 e. The fourth-order valence-corrected chi connectivity index (χ4v) is 3.38. The number of hydrogen-bond donors (Lipinski definition) is 2. The molecule has 0 aliphatic carbocycles. The van der Waals surface area contributed by atoms with Gasteiger partial charge in [0.25, 0.3) is 0 Å². The molecule has 26 heavy (non-hydrogen) atoms. The van der Waals surface area contributed by atoms with E-state index in [1.807, 2.05) is 55.5 Å². The molecule has 3 rings (SSSR count). The molecule has 0 saturated heterocycles. The van der Waals surface area contributed by atoms with Gasteiger partial charge in [-0.1, -0.05) is 53.2 Å². The third-order valence-electron chi connectivity index (χ3n) is 4.33. The predicted molar refractivity (Wildman–Crippen MR) is 105 cm³/mol. The van der Waals surface area contributed by atoms with Gasteiger partial charge in [-0.15, -0.1) is 0 Å². The van der Waals surface area contributed by atoms with Crippen LogP contribution >= 0.6 is 15.9 Å². The Balaban J connectivity index is 2.02. The summed E-state index contributed by atoms with van der Waals surface area (Å²) in [5.74, 6) is -0.996. The number of anilines is 1. The molecule has 0 aliphatic rings. The number of hydrogen-bond acceptors (Lipinski definition) is 3. The second-order valence-corrected chi connectivity index (χ2v) is 6.83. The highest BCUT2D eigenvalue weighted by molar-refractivity contribution is 9.10. The van der Waals surface area contributed by atoms with Crippen molar-refractivity contribution < 1.29 is 14.3 Å². The largest absolute Gasteiger partial charge is 0.464 e. The van der Waals surface area contributed by atoms with Crippen LogP contribution in [0.15, 0.2) is 53.0 Å². The molecule has 1 atom stereocenters. The molecule has 134 valence electrons. The van der Waals surface area contributed by atoms with Gasteiger partial charge in [-0.05, 0) is 30.2 Å². The summed E-state index contributed by atoms with van der Waals surface area (Å²) >= 11 is 3.43. The smallest absolute Gasteiger partial charge is 0.356 e. The number of carbonyl (C=O) groups excluding carboxylic acids is 2. The number of ether oxygens (including phenoxy) is 1. The topological polar surface area (TPSA) is 71.2 Å². The number of amides is 1. The highest BCUT2D eigenvalue weighted by Gasteiger charge is 2.24. The van der Waals surface area contributed by atoms with E-state index in [0.29, 0.717) is 12.1 Å². The summed E-state index contributed by atoms with van der Waals surface area (Å²) in [6, 6.07) is 15.2. The average molecular weight is 415 g/mol. The third-order valence-corrected chi connectivity index (χ3v) is 4.82. The Bertz CT molecular complexity index is 950. The maximum atomic E-state index is 12.9. The van der Waals surface area contributed by atoms with E-state index in [4.69, 9.17) is 4.74 Å². The van der Waals surface area contributed by atoms with Crippen molar-refractivity contribution in [3.05, 3.63) is 64.3 Å². The van der Waals surface area contributed by atoms with Crippen molar-refractivity contribution in [2.45, 2.75) is 19.3 Å². The summed E-state index contributed by atoms with van der Waals surface area (Å²) in [6.07, 6.45) is 0.648. The van der Waals surface area contributed by atoms with Gasteiger partial charge in [0.1, 0.15) is 5.69 Å². The van der Waals surface area contributed by atoms with E-state index in [-0.39, 0.29) is 17.5 Å². The molecule has 6 heteroatoms. The van der Waals surface area contributed by atoms with Crippen molar-refractivity contribution >= 4 is 44.4 Å².